The Labute approximate surface area is 185 Å². The summed E-state index contributed by atoms with van der Waals surface area (Å²) in [5, 5.41) is 11.8. The van der Waals surface area contributed by atoms with E-state index in [0.29, 0.717) is 24.8 Å². The van der Waals surface area contributed by atoms with Crippen molar-refractivity contribution in [3.8, 4) is 12.3 Å². The molecule has 2 saturated heterocycles. The fraction of sp³-hybridized carbons (Fsp3) is 0.625. The molecule has 3 aliphatic heterocycles. The molecular formula is C16H23N7O6S2. The highest BCUT2D eigenvalue weighted by molar-refractivity contribution is 7.80. The molecule has 4 aliphatic rings. The number of piperidine rings is 1. The van der Waals surface area contributed by atoms with E-state index in [1.54, 1.807) is 6.92 Å². The van der Waals surface area contributed by atoms with Crippen molar-refractivity contribution in [2.24, 2.45) is 16.1 Å². The van der Waals surface area contributed by atoms with E-state index >= 15 is 0 Å². The Morgan fingerprint density at radius 3 is 2.58 bits per heavy atom. The molecule has 13 nitrogen and oxygen atoms in total. The molecule has 1 aromatic rings. The molecule has 3 fully saturated rings. The number of aromatic nitrogens is 2. The number of carbonyl (C=O) groups is 1. The monoisotopic (exact) mass is 473 g/mol. The van der Waals surface area contributed by atoms with Crippen LogP contribution in [-0.4, -0.2) is 64.3 Å². The summed E-state index contributed by atoms with van der Waals surface area (Å²) in [6.07, 6.45) is 6.78. The number of terminal acetylenes is 1. The van der Waals surface area contributed by atoms with Gasteiger partial charge in [0.15, 0.2) is 5.96 Å². The van der Waals surface area contributed by atoms with Crippen molar-refractivity contribution in [3.63, 3.8) is 0 Å². The first-order chi connectivity index (χ1) is 14.2. The van der Waals surface area contributed by atoms with E-state index in [1.807, 2.05) is 0 Å². The molecule has 0 radical (unpaired) electrons. The number of hydrogen-bond acceptors (Lipinski definition) is 10. The number of nitrogens with zero attached hydrogens (tertiary/aromatic N) is 5. The Hall–Kier alpha value is -2.54. The minimum Gasteiger partial charge on any atom is -0.421 e. The van der Waals surface area contributed by atoms with Crippen LogP contribution in [0.1, 0.15) is 50.1 Å². The molecule has 1 aromatic heterocycles. The number of nitrogens with one attached hydrogen (secondary N) is 1. The third-order valence-electron chi connectivity index (χ3n) is 5.64. The van der Waals surface area contributed by atoms with Gasteiger partial charge < -0.3 is 20.4 Å². The SMILES string of the molecule is C#CC.NC1=NC[C@@H](c2nnc([C@@H]3CC4(CC4)[C@@H]4CN3C(=O)N4OS(=O)(=O)O)o2)N1.S. The molecule has 31 heavy (non-hydrogen) atoms. The third kappa shape index (κ3) is 4.28. The number of aliphatic imine (C=N–C) groups is 1. The summed E-state index contributed by atoms with van der Waals surface area (Å²) in [6, 6.07) is -1.91. The first-order valence-electron chi connectivity index (χ1n) is 9.21. The molecule has 0 aromatic carbocycles. The van der Waals surface area contributed by atoms with Crippen molar-refractivity contribution >= 4 is 35.9 Å². The highest BCUT2D eigenvalue weighted by Gasteiger charge is 2.65. The lowest BCUT2D eigenvalue weighted by Gasteiger charge is -2.34. The van der Waals surface area contributed by atoms with Crippen LogP contribution in [0.15, 0.2) is 9.41 Å². The normalized spacial score (nSPS) is 27.6. The van der Waals surface area contributed by atoms with Crippen LogP contribution in [0.3, 0.4) is 0 Å². The quantitative estimate of drug-likeness (QED) is 0.393. The van der Waals surface area contributed by atoms with Gasteiger partial charge in [0.2, 0.25) is 11.8 Å². The number of guanidine groups is 1. The Morgan fingerprint density at radius 1 is 1.39 bits per heavy atom. The van der Waals surface area contributed by atoms with E-state index in [4.69, 9.17) is 14.7 Å². The highest BCUT2D eigenvalue weighted by Crippen LogP contribution is 2.61. The predicted molar refractivity (Wildman–Crippen MR) is 111 cm³/mol. The van der Waals surface area contributed by atoms with Crippen molar-refractivity contribution in [2.75, 3.05) is 13.1 Å². The number of carbonyl (C=O) groups excluding carboxylic acids is 1. The van der Waals surface area contributed by atoms with E-state index < -0.39 is 28.5 Å². The zero-order valence-corrected chi connectivity index (χ0v) is 18.4. The van der Waals surface area contributed by atoms with Crippen LogP contribution in [0, 0.1) is 17.8 Å². The fourth-order valence-corrected chi connectivity index (χ4v) is 4.53. The van der Waals surface area contributed by atoms with E-state index in [1.165, 1.54) is 4.90 Å². The molecular weight excluding hydrogens is 450 g/mol. The summed E-state index contributed by atoms with van der Waals surface area (Å²) < 4.78 is 41.6. The number of nitrogens with two attached hydrogens (primary N) is 1. The summed E-state index contributed by atoms with van der Waals surface area (Å²) in [4.78, 5) is 18.1. The largest absolute Gasteiger partial charge is 0.421 e. The van der Waals surface area contributed by atoms with Crippen molar-refractivity contribution in [2.45, 2.75) is 44.3 Å². The minimum absolute atomic E-state index is 0. The van der Waals surface area contributed by atoms with Gasteiger partial charge in [-0.3, -0.25) is 9.55 Å². The van der Waals surface area contributed by atoms with Crippen molar-refractivity contribution in [1.82, 2.24) is 25.5 Å². The Morgan fingerprint density at radius 2 is 2.03 bits per heavy atom. The molecule has 1 aliphatic carbocycles. The van der Waals surface area contributed by atoms with Gasteiger partial charge in [-0.25, -0.2) is 4.79 Å². The van der Waals surface area contributed by atoms with E-state index in [9.17, 15) is 13.2 Å². The molecule has 4 heterocycles. The summed E-state index contributed by atoms with van der Waals surface area (Å²) in [5.74, 6) is 3.13. The third-order valence-corrected chi connectivity index (χ3v) is 5.99. The van der Waals surface area contributed by atoms with Crippen LogP contribution in [0.2, 0.25) is 0 Å². The van der Waals surface area contributed by atoms with Gasteiger partial charge in [-0.2, -0.15) is 27.0 Å². The Balaban J connectivity index is 0.000000645. The highest BCUT2D eigenvalue weighted by atomic mass is 32.3. The second-order valence-corrected chi connectivity index (χ2v) is 8.56. The van der Waals surface area contributed by atoms with Gasteiger partial charge in [0.25, 0.3) is 0 Å². The van der Waals surface area contributed by atoms with Gasteiger partial charge in [-0.05, 0) is 31.6 Å². The Kier molecular flexibility index (Phi) is 6.11. The molecule has 3 atom stereocenters. The standard InChI is InChI=1S/C13H17N7O6S.C3H4.H2S/c14-11-15-4-6(16-11)9-17-18-10(25-9)7-3-13(1-2-13)8-5-19(7)12(21)20(8)26-27(22,23)24;1-3-2;/h6-8H,1-5H2,(H3,14,15,16)(H,22,23,24);1H,2H3;1H2/t6-,7-,8-;;/m0../s1. The summed E-state index contributed by atoms with van der Waals surface area (Å²) in [7, 11) is -4.80. The molecule has 170 valence electrons. The first kappa shape index (κ1) is 23.1. The predicted octanol–water partition coefficient (Wildman–Crippen LogP) is -0.153. The molecule has 0 unspecified atom stereocenters. The maximum Gasteiger partial charge on any atom is 0.418 e. The van der Waals surface area contributed by atoms with Crippen molar-refractivity contribution < 1.29 is 26.5 Å². The van der Waals surface area contributed by atoms with Gasteiger partial charge in [-0.15, -0.1) is 26.8 Å². The Bertz CT molecular complexity index is 1030. The maximum atomic E-state index is 12.7. The van der Waals surface area contributed by atoms with Crippen molar-refractivity contribution in [3.05, 3.63) is 11.8 Å². The molecule has 1 saturated carbocycles. The number of fused-ring (bicyclic) bond motifs is 3. The van der Waals surface area contributed by atoms with Crippen LogP contribution in [0.25, 0.3) is 0 Å². The lowest BCUT2D eigenvalue weighted by atomic mass is 9.85. The molecule has 4 N–H and O–H groups in total. The van der Waals surface area contributed by atoms with Crippen LogP contribution >= 0.6 is 13.5 Å². The summed E-state index contributed by atoms with van der Waals surface area (Å²) >= 11 is 0. The number of hydrogen-bond donors (Lipinski definition) is 3. The lowest BCUT2D eigenvalue weighted by Crippen LogP contribution is -2.43. The number of hydroxylamine groups is 2. The molecule has 2 amide bonds. The molecule has 1 spiro atoms. The van der Waals surface area contributed by atoms with Crippen LogP contribution in [0.4, 0.5) is 4.79 Å². The topological polar surface area (TPSA) is 176 Å². The van der Waals surface area contributed by atoms with Gasteiger partial charge >= 0.3 is 16.4 Å². The zero-order chi connectivity index (χ0) is 21.7. The van der Waals surface area contributed by atoms with Gasteiger partial charge in [-0.1, -0.05) is 0 Å². The van der Waals surface area contributed by atoms with Crippen LogP contribution < -0.4 is 11.1 Å². The minimum atomic E-state index is -4.80. The lowest BCUT2D eigenvalue weighted by molar-refractivity contribution is -0.0530. The average molecular weight is 474 g/mol. The zero-order valence-electron chi connectivity index (χ0n) is 16.6. The van der Waals surface area contributed by atoms with Gasteiger partial charge in [0.05, 0.1) is 12.6 Å². The maximum absolute atomic E-state index is 12.7. The van der Waals surface area contributed by atoms with Crippen LogP contribution in [0.5, 0.6) is 0 Å². The second-order valence-electron chi connectivity index (χ2n) is 7.55. The van der Waals surface area contributed by atoms with E-state index in [2.05, 4.69) is 37.1 Å². The van der Waals surface area contributed by atoms with E-state index in [-0.39, 0.29) is 37.4 Å². The number of rotatable bonds is 4. The van der Waals surface area contributed by atoms with Gasteiger partial charge in [0, 0.05) is 6.54 Å². The summed E-state index contributed by atoms with van der Waals surface area (Å²) in [5.41, 5.74) is 5.31. The average Bonchev–Trinajstić information content (AvgIpc) is 3.02. The smallest absolute Gasteiger partial charge is 0.418 e. The first-order valence-corrected chi connectivity index (χ1v) is 10.6. The molecule has 15 heteroatoms. The molecule has 5 rings (SSSR count). The number of urea groups is 1. The number of amides is 2. The van der Waals surface area contributed by atoms with Crippen LogP contribution in [-0.2, 0) is 14.7 Å². The fourth-order valence-electron chi connectivity index (χ4n) is 4.16. The second kappa shape index (κ2) is 8.19. The summed E-state index contributed by atoms with van der Waals surface area (Å²) in [6.45, 7) is 2.29. The van der Waals surface area contributed by atoms with E-state index in [0.717, 1.165) is 17.9 Å². The molecule has 2 bridgehead atoms. The van der Waals surface area contributed by atoms with Gasteiger partial charge in [0.1, 0.15) is 12.1 Å². The van der Waals surface area contributed by atoms with Crippen molar-refractivity contribution in [1.29, 1.82) is 0 Å².